The van der Waals surface area contributed by atoms with Gasteiger partial charge in [-0.25, -0.2) is 9.90 Å². The Hall–Kier alpha value is -1.22. The molecule has 1 rings (SSSR count). The monoisotopic (exact) mass is 367 g/mol. The van der Waals surface area contributed by atoms with Crippen LogP contribution >= 0.6 is 11.6 Å². The molecule has 1 aromatic rings. The zero-order chi connectivity index (χ0) is 18.3. The van der Waals surface area contributed by atoms with E-state index in [9.17, 15) is 9.90 Å². The number of alkyl halides is 1. The van der Waals surface area contributed by atoms with Crippen LogP contribution in [-0.2, 0) is 5.11 Å². The Morgan fingerprint density at radius 1 is 1.00 bits per heavy atom. The quantitative estimate of drug-likeness (QED) is 0.260. The van der Waals surface area contributed by atoms with Crippen molar-refractivity contribution >= 4 is 17.6 Å². The summed E-state index contributed by atoms with van der Waals surface area (Å²) >= 11 is 5.68. The van der Waals surface area contributed by atoms with Crippen molar-refractivity contribution in [2.75, 3.05) is 5.88 Å². The lowest BCUT2D eigenvalue weighted by Gasteiger charge is -2.19. The highest BCUT2D eigenvalue weighted by Crippen LogP contribution is 2.20. The van der Waals surface area contributed by atoms with Crippen LogP contribution in [0.5, 0.6) is 5.75 Å². The van der Waals surface area contributed by atoms with Crippen LogP contribution in [0.3, 0.4) is 0 Å². The fourth-order valence-electron chi connectivity index (χ4n) is 3.00. The lowest BCUT2D eigenvalue weighted by atomic mass is 10.0. The smallest absolute Gasteiger partial charge is 0.386 e. The van der Waals surface area contributed by atoms with Crippen LogP contribution < -0.4 is 4.74 Å². The number of benzene rings is 1. The van der Waals surface area contributed by atoms with E-state index < -0.39 is 5.97 Å². The van der Waals surface area contributed by atoms with Gasteiger partial charge in [-0.2, -0.15) is 0 Å². The maximum atomic E-state index is 10.9. The average Bonchev–Trinajstić information content (AvgIpc) is 2.60. The van der Waals surface area contributed by atoms with Crippen LogP contribution in [0.1, 0.15) is 87.9 Å². The van der Waals surface area contributed by atoms with Crippen molar-refractivity contribution in [1.82, 2.24) is 0 Å². The standard InChI is InChI=1S/C21H32ClO3/c1-2-12-19(14-9-7-5-3-4-6-8-10-16-22)25-20-15-11-13-18(17-20)21(23)24/h11,13,15,17,19H,2-10,12,14,16H2,1H3. The number of carbonyl (C=O) groups excluding carboxylic acids is 1. The van der Waals surface area contributed by atoms with Crippen molar-refractivity contribution in [3.8, 4) is 5.75 Å². The maximum Gasteiger partial charge on any atom is 0.386 e. The van der Waals surface area contributed by atoms with Gasteiger partial charge in [-0.1, -0.05) is 57.9 Å². The Kier molecular flexibility index (Phi) is 12.2. The molecule has 0 amide bonds. The second kappa shape index (κ2) is 14.0. The third-order valence-electron chi connectivity index (χ3n) is 4.39. The molecule has 4 heteroatoms. The van der Waals surface area contributed by atoms with Crippen molar-refractivity contribution in [1.29, 1.82) is 0 Å². The largest absolute Gasteiger partial charge is 0.490 e. The summed E-state index contributed by atoms with van der Waals surface area (Å²) in [5, 5.41) is 10.9. The first-order chi connectivity index (χ1) is 12.2. The van der Waals surface area contributed by atoms with Gasteiger partial charge in [-0.15, -0.1) is 11.6 Å². The summed E-state index contributed by atoms with van der Waals surface area (Å²) in [6, 6.07) is 6.60. The number of hydrogen-bond donors (Lipinski definition) is 0. The van der Waals surface area contributed by atoms with Crippen molar-refractivity contribution < 1.29 is 14.6 Å². The fourth-order valence-corrected chi connectivity index (χ4v) is 3.19. The molecule has 0 aliphatic rings. The number of carbonyl (C=O) groups is 1. The highest BCUT2D eigenvalue weighted by atomic mass is 35.5. The van der Waals surface area contributed by atoms with Gasteiger partial charge < -0.3 is 4.74 Å². The Labute approximate surface area is 157 Å². The van der Waals surface area contributed by atoms with Gasteiger partial charge in [0.1, 0.15) is 5.75 Å². The summed E-state index contributed by atoms with van der Waals surface area (Å²) < 4.78 is 6.01. The van der Waals surface area contributed by atoms with Crippen molar-refractivity contribution in [2.24, 2.45) is 0 Å². The minimum Gasteiger partial charge on any atom is -0.490 e. The van der Waals surface area contributed by atoms with Gasteiger partial charge in [0.25, 0.3) is 0 Å². The molecule has 141 valence electrons. The van der Waals surface area contributed by atoms with Gasteiger partial charge in [-0.3, -0.25) is 0 Å². The summed E-state index contributed by atoms with van der Waals surface area (Å²) in [6.07, 6.45) is 13.2. The Morgan fingerprint density at radius 3 is 2.24 bits per heavy atom. The zero-order valence-corrected chi connectivity index (χ0v) is 16.2. The highest BCUT2D eigenvalue weighted by Gasteiger charge is 2.12. The Morgan fingerprint density at radius 2 is 1.64 bits per heavy atom. The van der Waals surface area contributed by atoms with Gasteiger partial charge >= 0.3 is 5.97 Å². The number of hydrogen-bond acceptors (Lipinski definition) is 2. The van der Waals surface area contributed by atoms with Crippen LogP contribution in [0.4, 0.5) is 0 Å². The van der Waals surface area contributed by atoms with E-state index in [4.69, 9.17) is 16.3 Å². The average molecular weight is 368 g/mol. The molecule has 0 N–H and O–H groups in total. The van der Waals surface area contributed by atoms with Crippen LogP contribution in [0.25, 0.3) is 0 Å². The van der Waals surface area contributed by atoms with Gasteiger partial charge in [0.2, 0.25) is 0 Å². The minimum absolute atomic E-state index is 0.158. The first-order valence-corrected chi connectivity index (χ1v) is 10.2. The molecular formula is C21H32ClO3. The summed E-state index contributed by atoms with van der Waals surface area (Å²) in [6.45, 7) is 2.15. The number of unbranched alkanes of at least 4 members (excludes halogenated alkanes) is 7. The molecule has 0 saturated heterocycles. The normalized spacial score (nSPS) is 12.1. The fraction of sp³-hybridized carbons (Fsp3) is 0.667. The lowest BCUT2D eigenvalue weighted by molar-refractivity contribution is 0.0572. The van der Waals surface area contributed by atoms with Gasteiger partial charge in [0.15, 0.2) is 0 Å². The molecule has 1 radical (unpaired) electrons. The minimum atomic E-state index is -1.16. The Bertz CT molecular complexity index is 476. The van der Waals surface area contributed by atoms with E-state index in [1.807, 2.05) is 6.07 Å². The van der Waals surface area contributed by atoms with Crippen molar-refractivity contribution in [3.63, 3.8) is 0 Å². The summed E-state index contributed by atoms with van der Waals surface area (Å²) in [5.74, 6) is 0.244. The molecule has 1 aromatic carbocycles. The topological polar surface area (TPSA) is 46.2 Å². The molecule has 0 aliphatic heterocycles. The molecule has 0 heterocycles. The summed E-state index contributed by atoms with van der Waals surface area (Å²) in [5.41, 5.74) is 0.168. The predicted molar refractivity (Wildman–Crippen MR) is 103 cm³/mol. The summed E-state index contributed by atoms with van der Waals surface area (Å²) in [4.78, 5) is 10.9. The second-order valence-corrected chi connectivity index (χ2v) is 7.03. The van der Waals surface area contributed by atoms with Gasteiger partial charge in [-0.05, 0) is 43.9 Å². The lowest BCUT2D eigenvalue weighted by Crippen LogP contribution is -2.16. The van der Waals surface area contributed by atoms with Crippen LogP contribution in [0, 0.1) is 0 Å². The zero-order valence-electron chi connectivity index (χ0n) is 15.5. The van der Waals surface area contributed by atoms with Crippen molar-refractivity contribution in [3.05, 3.63) is 29.8 Å². The molecule has 3 nitrogen and oxygen atoms in total. The SMILES string of the molecule is CCCC(CCCCCCCCCCCl)Oc1cccc(C([O])=O)c1. The van der Waals surface area contributed by atoms with E-state index in [1.165, 1.54) is 44.6 Å². The first kappa shape index (κ1) is 21.8. The van der Waals surface area contributed by atoms with Gasteiger partial charge in [0, 0.05) is 5.88 Å². The van der Waals surface area contributed by atoms with Crippen LogP contribution in [-0.4, -0.2) is 18.0 Å². The predicted octanol–water partition coefficient (Wildman–Crippen LogP) is 6.55. The van der Waals surface area contributed by atoms with E-state index in [0.29, 0.717) is 5.75 Å². The molecule has 0 bridgehead atoms. The molecule has 0 saturated carbocycles. The first-order valence-electron chi connectivity index (χ1n) is 9.71. The van der Waals surface area contributed by atoms with Crippen LogP contribution in [0.2, 0.25) is 0 Å². The van der Waals surface area contributed by atoms with E-state index in [1.54, 1.807) is 12.1 Å². The van der Waals surface area contributed by atoms with E-state index in [-0.39, 0.29) is 11.7 Å². The third kappa shape index (κ3) is 10.4. The van der Waals surface area contributed by atoms with E-state index in [0.717, 1.165) is 38.0 Å². The number of ether oxygens (including phenoxy) is 1. The number of rotatable bonds is 15. The Balaban J connectivity index is 2.25. The molecule has 0 aromatic heterocycles. The molecule has 1 unspecified atom stereocenters. The van der Waals surface area contributed by atoms with Gasteiger partial charge in [0.05, 0.1) is 11.7 Å². The number of halogens is 1. The highest BCUT2D eigenvalue weighted by molar-refractivity contribution is 6.17. The van der Waals surface area contributed by atoms with Crippen LogP contribution in [0.15, 0.2) is 24.3 Å². The van der Waals surface area contributed by atoms with E-state index in [2.05, 4.69) is 6.92 Å². The van der Waals surface area contributed by atoms with Crippen molar-refractivity contribution in [2.45, 2.75) is 83.7 Å². The third-order valence-corrected chi connectivity index (χ3v) is 4.66. The molecule has 25 heavy (non-hydrogen) atoms. The molecule has 0 fully saturated rings. The molecule has 0 aliphatic carbocycles. The van der Waals surface area contributed by atoms with E-state index >= 15 is 0 Å². The maximum absolute atomic E-state index is 10.9. The molecular weight excluding hydrogens is 336 g/mol. The summed E-state index contributed by atoms with van der Waals surface area (Å²) in [7, 11) is 0. The molecule has 0 spiro atoms. The second-order valence-electron chi connectivity index (χ2n) is 6.65. The molecule has 1 atom stereocenters.